The zero-order valence-electron chi connectivity index (χ0n) is 12.9. The minimum absolute atomic E-state index is 0.0582. The van der Waals surface area contributed by atoms with Crippen LogP contribution in [0.25, 0.3) is 0 Å². The van der Waals surface area contributed by atoms with Gasteiger partial charge in [0.2, 0.25) is 0 Å². The fourth-order valence-corrected chi connectivity index (χ4v) is 2.82. The van der Waals surface area contributed by atoms with Crippen molar-refractivity contribution in [2.75, 3.05) is 13.2 Å². The molecule has 0 bridgehead atoms. The second-order valence-corrected chi connectivity index (χ2v) is 5.87. The van der Waals surface area contributed by atoms with Gasteiger partial charge in [0.25, 0.3) is 0 Å². The maximum Gasteiger partial charge on any atom is 0.340 e. The van der Waals surface area contributed by atoms with Crippen LogP contribution in [0.1, 0.15) is 39.5 Å². The predicted octanol–water partition coefficient (Wildman–Crippen LogP) is 4.71. The largest absolute Gasteiger partial charge is 0.348 e. The standard InChI is InChI=1S/C16H22F4O2/c1-3-5-11-9-21-14(22-10-11)13-8-7-12(6-4-2)15(17,18)16(13,19)20/h7-8,11,14H,3-6,9-10H2,1-2H3. The van der Waals surface area contributed by atoms with Gasteiger partial charge in [-0.2, -0.15) is 17.6 Å². The van der Waals surface area contributed by atoms with Crippen LogP contribution in [-0.2, 0) is 9.47 Å². The summed E-state index contributed by atoms with van der Waals surface area (Å²) >= 11 is 0. The number of ether oxygens (including phenoxy) is 2. The molecule has 0 amide bonds. The van der Waals surface area contributed by atoms with Gasteiger partial charge < -0.3 is 9.47 Å². The van der Waals surface area contributed by atoms with Crippen molar-refractivity contribution < 1.29 is 27.0 Å². The molecule has 2 aliphatic rings. The topological polar surface area (TPSA) is 18.5 Å². The van der Waals surface area contributed by atoms with Crippen molar-refractivity contribution in [1.29, 1.82) is 0 Å². The number of hydrogen-bond acceptors (Lipinski definition) is 2. The molecule has 1 saturated heterocycles. The second-order valence-electron chi connectivity index (χ2n) is 5.87. The van der Waals surface area contributed by atoms with Gasteiger partial charge in [0, 0.05) is 11.5 Å². The molecule has 6 heteroatoms. The summed E-state index contributed by atoms with van der Waals surface area (Å²) in [5.74, 6) is -8.35. The van der Waals surface area contributed by atoms with E-state index in [-0.39, 0.29) is 25.6 Å². The Labute approximate surface area is 128 Å². The van der Waals surface area contributed by atoms with Crippen LogP contribution < -0.4 is 0 Å². The second kappa shape index (κ2) is 6.71. The van der Waals surface area contributed by atoms with Crippen LogP contribution in [0.3, 0.4) is 0 Å². The molecule has 22 heavy (non-hydrogen) atoms. The molecule has 0 atom stereocenters. The first kappa shape index (κ1) is 17.5. The van der Waals surface area contributed by atoms with Gasteiger partial charge in [0.1, 0.15) is 0 Å². The molecule has 0 saturated carbocycles. The Kier molecular flexibility index (Phi) is 5.33. The Morgan fingerprint density at radius 2 is 1.64 bits per heavy atom. The van der Waals surface area contributed by atoms with Crippen LogP contribution in [-0.4, -0.2) is 31.3 Å². The Balaban J connectivity index is 2.17. The molecular weight excluding hydrogens is 300 g/mol. The molecule has 0 unspecified atom stereocenters. The molecule has 1 aliphatic heterocycles. The van der Waals surface area contributed by atoms with Crippen molar-refractivity contribution in [3.8, 4) is 0 Å². The summed E-state index contributed by atoms with van der Waals surface area (Å²) < 4.78 is 67.1. The third-order valence-corrected chi connectivity index (χ3v) is 4.06. The zero-order chi connectivity index (χ0) is 16.4. The van der Waals surface area contributed by atoms with E-state index < -0.39 is 29.3 Å². The van der Waals surface area contributed by atoms with Crippen molar-refractivity contribution in [1.82, 2.24) is 0 Å². The molecule has 0 aromatic heterocycles. The van der Waals surface area contributed by atoms with Gasteiger partial charge in [-0.25, -0.2) is 0 Å². The van der Waals surface area contributed by atoms with Gasteiger partial charge in [-0.3, -0.25) is 0 Å². The lowest BCUT2D eigenvalue weighted by Crippen LogP contribution is -2.50. The first-order valence-corrected chi connectivity index (χ1v) is 7.75. The summed E-state index contributed by atoms with van der Waals surface area (Å²) in [5.41, 5.74) is -1.32. The third-order valence-electron chi connectivity index (χ3n) is 4.06. The highest BCUT2D eigenvalue weighted by molar-refractivity contribution is 5.39. The number of halogens is 4. The van der Waals surface area contributed by atoms with Crippen LogP contribution in [0.15, 0.2) is 23.3 Å². The lowest BCUT2D eigenvalue weighted by molar-refractivity contribution is -0.224. The average Bonchev–Trinajstić information content (AvgIpc) is 2.46. The van der Waals surface area contributed by atoms with Gasteiger partial charge in [-0.1, -0.05) is 38.8 Å². The van der Waals surface area contributed by atoms with Crippen molar-refractivity contribution in [3.05, 3.63) is 23.3 Å². The maximum atomic E-state index is 14.2. The van der Waals surface area contributed by atoms with E-state index in [4.69, 9.17) is 9.47 Å². The molecule has 1 fully saturated rings. The molecule has 1 heterocycles. The normalized spacial score (nSPS) is 30.6. The first-order chi connectivity index (χ1) is 10.3. The highest BCUT2D eigenvalue weighted by Gasteiger charge is 2.63. The Morgan fingerprint density at radius 1 is 1.00 bits per heavy atom. The Bertz CT molecular complexity index is 449. The lowest BCUT2D eigenvalue weighted by atomic mass is 9.87. The summed E-state index contributed by atoms with van der Waals surface area (Å²) in [6, 6.07) is 0. The lowest BCUT2D eigenvalue weighted by Gasteiger charge is -2.38. The number of hydrogen-bond donors (Lipinski definition) is 0. The minimum Gasteiger partial charge on any atom is -0.348 e. The number of rotatable bonds is 5. The van der Waals surface area contributed by atoms with Crippen molar-refractivity contribution in [3.63, 3.8) is 0 Å². The Hall–Kier alpha value is -0.880. The summed E-state index contributed by atoms with van der Waals surface area (Å²) in [6.07, 6.45) is 2.84. The van der Waals surface area contributed by atoms with Gasteiger partial charge in [-0.05, 0) is 12.8 Å². The molecule has 0 radical (unpaired) electrons. The van der Waals surface area contributed by atoms with E-state index in [2.05, 4.69) is 0 Å². The van der Waals surface area contributed by atoms with Crippen LogP contribution in [0, 0.1) is 5.92 Å². The molecule has 0 spiro atoms. The highest BCUT2D eigenvalue weighted by Crippen LogP contribution is 2.50. The molecule has 0 aromatic rings. The molecule has 1 aliphatic carbocycles. The SMILES string of the molecule is CCCC1=CC=C(C2OCC(CCC)CO2)C(F)(F)C1(F)F. The van der Waals surface area contributed by atoms with Gasteiger partial charge in [-0.15, -0.1) is 0 Å². The van der Waals surface area contributed by atoms with Crippen LogP contribution >= 0.6 is 0 Å². The van der Waals surface area contributed by atoms with Crippen LogP contribution in [0.5, 0.6) is 0 Å². The molecule has 0 aromatic carbocycles. The predicted molar refractivity (Wildman–Crippen MR) is 75.1 cm³/mol. The van der Waals surface area contributed by atoms with Crippen molar-refractivity contribution in [2.24, 2.45) is 5.92 Å². The van der Waals surface area contributed by atoms with E-state index in [0.29, 0.717) is 6.42 Å². The van der Waals surface area contributed by atoms with Crippen molar-refractivity contribution >= 4 is 0 Å². The summed E-state index contributed by atoms with van der Waals surface area (Å²) in [7, 11) is 0. The van der Waals surface area contributed by atoms with E-state index in [1.165, 1.54) is 0 Å². The molecular formula is C16H22F4O2. The highest BCUT2D eigenvalue weighted by atomic mass is 19.3. The minimum atomic E-state index is -4.28. The summed E-state index contributed by atoms with van der Waals surface area (Å²) in [5, 5.41) is 0. The smallest absolute Gasteiger partial charge is 0.340 e. The van der Waals surface area contributed by atoms with Gasteiger partial charge in [0.05, 0.1) is 18.8 Å². The maximum absolute atomic E-state index is 14.2. The van der Waals surface area contributed by atoms with E-state index in [1.54, 1.807) is 6.92 Å². The fourth-order valence-electron chi connectivity index (χ4n) is 2.82. The average molecular weight is 322 g/mol. The molecule has 126 valence electrons. The molecule has 0 N–H and O–H groups in total. The number of allylic oxidation sites excluding steroid dienone is 3. The van der Waals surface area contributed by atoms with Crippen molar-refractivity contribution in [2.45, 2.75) is 57.7 Å². The van der Waals surface area contributed by atoms with E-state index in [1.807, 2.05) is 6.92 Å². The quantitative estimate of drug-likeness (QED) is 0.682. The number of alkyl halides is 4. The summed E-state index contributed by atoms with van der Waals surface area (Å²) in [6.45, 7) is 4.19. The fraction of sp³-hybridized carbons (Fsp3) is 0.750. The zero-order valence-corrected chi connectivity index (χ0v) is 12.9. The molecule has 2 rings (SSSR count). The molecule has 2 nitrogen and oxygen atoms in total. The monoisotopic (exact) mass is 322 g/mol. The first-order valence-electron chi connectivity index (χ1n) is 7.75. The van der Waals surface area contributed by atoms with Gasteiger partial charge >= 0.3 is 11.8 Å². The summed E-state index contributed by atoms with van der Waals surface area (Å²) in [4.78, 5) is 0. The van der Waals surface area contributed by atoms with E-state index in [9.17, 15) is 17.6 Å². The third kappa shape index (κ3) is 3.08. The van der Waals surface area contributed by atoms with Crippen LogP contribution in [0.2, 0.25) is 0 Å². The van der Waals surface area contributed by atoms with E-state index in [0.717, 1.165) is 25.0 Å². The van der Waals surface area contributed by atoms with Gasteiger partial charge in [0.15, 0.2) is 6.29 Å². The van der Waals surface area contributed by atoms with E-state index >= 15 is 0 Å². The Morgan fingerprint density at radius 3 is 2.18 bits per heavy atom. The van der Waals surface area contributed by atoms with Crippen LogP contribution in [0.4, 0.5) is 17.6 Å².